The maximum atomic E-state index is 12.6. The number of ether oxygens (including phenoxy) is 1. The maximum absolute atomic E-state index is 12.6. The van der Waals surface area contributed by atoms with Crippen LogP contribution >= 0.6 is 15.9 Å². The quantitative estimate of drug-likeness (QED) is 0.376. The highest BCUT2D eigenvalue weighted by molar-refractivity contribution is 9.10. The second-order valence-electron chi connectivity index (χ2n) is 8.77. The lowest BCUT2D eigenvalue weighted by molar-refractivity contribution is -0.139. The van der Waals surface area contributed by atoms with Crippen molar-refractivity contribution in [2.24, 2.45) is 5.92 Å². The second-order valence-corrected chi connectivity index (χ2v) is 9.63. The van der Waals surface area contributed by atoms with Gasteiger partial charge >= 0.3 is 12.1 Å². The number of nitrogens with one attached hydrogen (secondary N) is 2. The standard InChI is InChI=1S/C27H23BrN2O5/c28-22-13-16(25(31)30-24(26(32)33)15-9-10-15)11-12-23(22)29-27(34)35-14-21-19-7-3-1-5-17(19)18-6-2-4-8-20(18)21/h1-8,11-13,15,21,24H,9-10,14H2,(H,29,34)(H,30,31)(H,32,33). The van der Waals surface area contributed by atoms with Crippen LogP contribution in [0, 0.1) is 5.92 Å². The summed E-state index contributed by atoms with van der Waals surface area (Å²) in [5.41, 5.74) is 5.30. The number of fused-ring (bicyclic) bond motifs is 3. The minimum absolute atomic E-state index is 0.0191. The van der Waals surface area contributed by atoms with Gasteiger partial charge in [0.25, 0.3) is 5.91 Å². The molecule has 1 fully saturated rings. The predicted molar refractivity (Wildman–Crippen MR) is 134 cm³/mol. The summed E-state index contributed by atoms with van der Waals surface area (Å²) in [6.07, 6.45) is 0.984. The molecule has 0 radical (unpaired) electrons. The highest BCUT2D eigenvalue weighted by Crippen LogP contribution is 2.44. The highest BCUT2D eigenvalue weighted by Gasteiger charge is 2.37. The van der Waals surface area contributed by atoms with Crippen molar-refractivity contribution in [2.75, 3.05) is 11.9 Å². The zero-order valence-corrected chi connectivity index (χ0v) is 20.2. The molecule has 2 amide bonds. The lowest BCUT2D eigenvalue weighted by atomic mass is 9.98. The molecule has 5 rings (SSSR count). The second kappa shape index (κ2) is 9.54. The average Bonchev–Trinajstić information content (AvgIpc) is 3.64. The Labute approximate surface area is 210 Å². The lowest BCUT2D eigenvalue weighted by Gasteiger charge is -2.16. The Morgan fingerprint density at radius 3 is 2.17 bits per heavy atom. The van der Waals surface area contributed by atoms with E-state index in [1.807, 2.05) is 24.3 Å². The molecule has 0 bridgehead atoms. The van der Waals surface area contributed by atoms with Crippen molar-refractivity contribution in [3.63, 3.8) is 0 Å². The van der Waals surface area contributed by atoms with Crippen molar-refractivity contribution in [3.8, 4) is 11.1 Å². The van der Waals surface area contributed by atoms with Gasteiger partial charge in [-0.2, -0.15) is 0 Å². The third-order valence-electron chi connectivity index (χ3n) is 6.46. The topological polar surface area (TPSA) is 105 Å². The van der Waals surface area contributed by atoms with Crippen LogP contribution in [0.3, 0.4) is 0 Å². The van der Waals surface area contributed by atoms with Crippen LogP contribution < -0.4 is 10.6 Å². The summed E-state index contributed by atoms with van der Waals surface area (Å²) in [7, 11) is 0. The molecule has 2 aliphatic rings. The number of hydrogen-bond donors (Lipinski definition) is 3. The van der Waals surface area contributed by atoms with Crippen LogP contribution in [0.25, 0.3) is 11.1 Å². The van der Waals surface area contributed by atoms with E-state index >= 15 is 0 Å². The number of carbonyl (C=O) groups is 3. The van der Waals surface area contributed by atoms with Gasteiger partial charge in [0.15, 0.2) is 0 Å². The van der Waals surface area contributed by atoms with Crippen molar-refractivity contribution in [1.82, 2.24) is 5.32 Å². The first kappa shape index (κ1) is 23.1. The van der Waals surface area contributed by atoms with Gasteiger partial charge in [0, 0.05) is 16.0 Å². The fourth-order valence-electron chi connectivity index (χ4n) is 4.54. The molecule has 2 aliphatic carbocycles. The molecule has 1 atom stereocenters. The first-order valence-corrected chi connectivity index (χ1v) is 12.2. The Morgan fingerprint density at radius 2 is 1.60 bits per heavy atom. The number of carboxylic acids is 1. The molecular formula is C27H23BrN2O5. The summed E-state index contributed by atoms with van der Waals surface area (Å²) in [4.78, 5) is 36.5. The van der Waals surface area contributed by atoms with Gasteiger partial charge in [0.05, 0.1) is 5.69 Å². The summed E-state index contributed by atoms with van der Waals surface area (Å²) in [5.74, 6) is -1.57. The SMILES string of the molecule is O=C(Nc1ccc(C(=O)NC(C(=O)O)C2CC2)cc1Br)OCC1c2ccccc2-c2ccccc21. The molecule has 0 aliphatic heterocycles. The van der Waals surface area contributed by atoms with Gasteiger partial charge in [-0.3, -0.25) is 10.1 Å². The van der Waals surface area contributed by atoms with Crippen molar-refractivity contribution < 1.29 is 24.2 Å². The van der Waals surface area contributed by atoms with Gasteiger partial charge in [-0.25, -0.2) is 9.59 Å². The summed E-state index contributed by atoms with van der Waals surface area (Å²) in [6, 6.07) is 20.0. The Kier molecular flexibility index (Phi) is 6.30. The van der Waals surface area contributed by atoms with Gasteiger partial charge in [-0.15, -0.1) is 0 Å². The number of amides is 2. The number of anilines is 1. The Hall–Kier alpha value is -3.65. The molecule has 0 aromatic heterocycles. The van der Waals surface area contributed by atoms with Gasteiger partial charge in [-0.1, -0.05) is 48.5 Å². The average molecular weight is 535 g/mol. The zero-order chi connectivity index (χ0) is 24.5. The maximum Gasteiger partial charge on any atom is 0.411 e. The minimum atomic E-state index is -1.03. The van der Waals surface area contributed by atoms with E-state index in [0.717, 1.165) is 35.1 Å². The van der Waals surface area contributed by atoms with Crippen LogP contribution in [0.15, 0.2) is 71.2 Å². The number of hydrogen-bond acceptors (Lipinski definition) is 4. The number of benzene rings is 3. The van der Waals surface area contributed by atoms with Crippen LogP contribution in [-0.4, -0.2) is 35.7 Å². The normalized spacial score (nSPS) is 15.0. The van der Waals surface area contributed by atoms with Crippen LogP contribution in [0.1, 0.15) is 40.2 Å². The molecule has 1 unspecified atom stereocenters. The van der Waals surface area contributed by atoms with Crippen molar-refractivity contribution >= 4 is 39.6 Å². The Bertz CT molecular complexity index is 1270. The van der Waals surface area contributed by atoms with E-state index in [4.69, 9.17) is 4.74 Å². The smallest absolute Gasteiger partial charge is 0.411 e. The number of carbonyl (C=O) groups excluding carboxylic acids is 2. The molecule has 0 saturated heterocycles. The van der Waals surface area contributed by atoms with Crippen LogP contribution in [0.5, 0.6) is 0 Å². The zero-order valence-electron chi connectivity index (χ0n) is 18.7. The summed E-state index contributed by atoms with van der Waals surface area (Å²) >= 11 is 3.37. The number of aliphatic carboxylic acids is 1. The fraction of sp³-hybridized carbons (Fsp3) is 0.222. The Morgan fingerprint density at radius 1 is 0.971 bits per heavy atom. The molecule has 178 valence electrons. The molecule has 1 saturated carbocycles. The van der Waals surface area contributed by atoms with E-state index < -0.39 is 24.0 Å². The van der Waals surface area contributed by atoms with E-state index in [2.05, 4.69) is 50.8 Å². The van der Waals surface area contributed by atoms with Gasteiger partial charge < -0.3 is 15.2 Å². The molecule has 8 heteroatoms. The van der Waals surface area contributed by atoms with Crippen LogP contribution in [0.4, 0.5) is 10.5 Å². The third-order valence-corrected chi connectivity index (χ3v) is 7.11. The van der Waals surface area contributed by atoms with Crippen molar-refractivity contribution in [2.45, 2.75) is 24.8 Å². The van der Waals surface area contributed by atoms with E-state index in [1.165, 1.54) is 6.07 Å². The van der Waals surface area contributed by atoms with Crippen LogP contribution in [-0.2, 0) is 9.53 Å². The largest absolute Gasteiger partial charge is 0.480 e. The van der Waals surface area contributed by atoms with Gasteiger partial charge in [-0.05, 0) is 75.1 Å². The number of carboxylic acid groups (broad SMARTS) is 1. The lowest BCUT2D eigenvalue weighted by Crippen LogP contribution is -2.42. The van der Waals surface area contributed by atoms with Crippen molar-refractivity contribution in [1.29, 1.82) is 0 Å². The summed E-state index contributed by atoms with van der Waals surface area (Å²) in [6.45, 7) is 0.190. The predicted octanol–water partition coefficient (Wildman–Crippen LogP) is 5.40. The van der Waals surface area contributed by atoms with Crippen LogP contribution in [0.2, 0.25) is 0 Å². The first-order valence-electron chi connectivity index (χ1n) is 11.4. The molecule has 35 heavy (non-hydrogen) atoms. The summed E-state index contributed by atoms with van der Waals surface area (Å²) in [5, 5.41) is 14.6. The fourth-order valence-corrected chi connectivity index (χ4v) is 5.02. The van der Waals surface area contributed by atoms with E-state index in [-0.39, 0.29) is 18.4 Å². The molecule has 3 aromatic rings. The Balaban J connectivity index is 1.22. The van der Waals surface area contributed by atoms with Gasteiger partial charge in [0.2, 0.25) is 0 Å². The molecule has 3 N–H and O–H groups in total. The summed E-state index contributed by atoms with van der Waals surface area (Å²) < 4.78 is 6.06. The monoisotopic (exact) mass is 534 g/mol. The van der Waals surface area contributed by atoms with E-state index in [1.54, 1.807) is 12.1 Å². The molecule has 3 aromatic carbocycles. The minimum Gasteiger partial charge on any atom is -0.480 e. The number of rotatable bonds is 7. The van der Waals surface area contributed by atoms with E-state index in [9.17, 15) is 19.5 Å². The molecule has 7 nitrogen and oxygen atoms in total. The van der Waals surface area contributed by atoms with Gasteiger partial charge in [0.1, 0.15) is 12.6 Å². The third kappa shape index (κ3) is 4.79. The molecule has 0 spiro atoms. The highest BCUT2D eigenvalue weighted by atomic mass is 79.9. The van der Waals surface area contributed by atoms with E-state index in [0.29, 0.717) is 15.7 Å². The molecular weight excluding hydrogens is 512 g/mol. The van der Waals surface area contributed by atoms with Crippen molar-refractivity contribution in [3.05, 3.63) is 87.9 Å². The first-order chi connectivity index (χ1) is 16.9. The molecule has 0 heterocycles. The number of halogens is 1.